The fraction of sp³-hybridized carbons (Fsp3) is 0.0400. The third kappa shape index (κ3) is 3.73. The van der Waals surface area contributed by atoms with Gasteiger partial charge in [0.15, 0.2) is 0 Å². The van der Waals surface area contributed by atoms with Crippen LogP contribution in [0.5, 0.6) is 0 Å². The number of hydrogen-bond donors (Lipinski definition) is 0. The summed E-state index contributed by atoms with van der Waals surface area (Å²) in [5.41, 5.74) is 3.60. The van der Waals surface area contributed by atoms with E-state index in [1.54, 1.807) is 0 Å². The van der Waals surface area contributed by atoms with Crippen LogP contribution in [-0.4, -0.2) is 16.9 Å². The zero-order chi connectivity index (χ0) is 20.2. The third-order valence-corrected chi connectivity index (χ3v) is 4.75. The predicted molar refractivity (Wildman–Crippen MR) is 112 cm³/mol. The molecule has 1 fully saturated rings. The lowest BCUT2D eigenvalue weighted by molar-refractivity contribution is -0.123. The van der Waals surface area contributed by atoms with Gasteiger partial charge in [0.1, 0.15) is 0 Å². The molecule has 0 N–H and O–H groups in total. The van der Waals surface area contributed by atoms with Crippen LogP contribution in [0.2, 0.25) is 0 Å². The van der Waals surface area contributed by atoms with Crippen molar-refractivity contribution in [2.24, 2.45) is 0 Å². The molecule has 0 atom stereocenters. The van der Waals surface area contributed by atoms with E-state index >= 15 is 0 Å². The molecule has 0 saturated carbocycles. The molecule has 0 radical (unpaired) electrons. The Morgan fingerprint density at radius 2 is 1.28 bits per heavy atom. The Balaban J connectivity index is 1.78. The van der Waals surface area contributed by atoms with Gasteiger partial charge in [-0.3, -0.25) is 4.79 Å². The first-order valence-corrected chi connectivity index (χ1v) is 9.27. The van der Waals surface area contributed by atoms with E-state index < -0.39 is 12.0 Å². The maximum absolute atomic E-state index is 13.2. The SMILES string of the molecule is C=C(C(=C1OC(=O)N(Cc2ccccc2)C1=O)c1ccccc1)c1ccccc1. The normalized spacial score (nSPS) is 15.2. The Morgan fingerprint density at radius 3 is 1.86 bits per heavy atom. The Bertz CT molecular complexity index is 1090. The molecule has 3 aromatic rings. The molecule has 0 bridgehead atoms. The van der Waals surface area contributed by atoms with Gasteiger partial charge in [0, 0.05) is 5.57 Å². The van der Waals surface area contributed by atoms with E-state index in [4.69, 9.17) is 4.74 Å². The molecule has 0 aliphatic carbocycles. The zero-order valence-corrected chi connectivity index (χ0v) is 15.7. The van der Waals surface area contributed by atoms with Gasteiger partial charge in [-0.25, -0.2) is 9.69 Å². The first kappa shape index (κ1) is 18.4. The Morgan fingerprint density at radius 1 is 0.759 bits per heavy atom. The summed E-state index contributed by atoms with van der Waals surface area (Å²) < 4.78 is 5.47. The lowest BCUT2D eigenvalue weighted by Crippen LogP contribution is -2.28. The molecule has 0 spiro atoms. The topological polar surface area (TPSA) is 46.6 Å². The van der Waals surface area contributed by atoms with Gasteiger partial charge in [0.05, 0.1) is 6.54 Å². The van der Waals surface area contributed by atoms with Crippen LogP contribution in [0.3, 0.4) is 0 Å². The van der Waals surface area contributed by atoms with Gasteiger partial charge < -0.3 is 4.74 Å². The average Bonchev–Trinajstić information content (AvgIpc) is 3.04. The Kier molecular flexibility index (Phi) is 5.08. The zero-order valence-electron chi connectivity index (χ0n) is 15.7. The number of hydrogen-bond acceptors (Lipinski definition) is 3. The largest absolute Gasteiger partial charge is 0.422 e. The first-order chi connectivity index (χ1) is 14.1. The van der Waals surface area contributed by atoms with Gasteiger partial charge in [-0.2, -0.15) is 0 Å². The summed E-state index contributed by atoms with van der Waals surface area (Å²) in [5.74, 6) is -0.458. The van der Waals surface area contributed by atoms with Crippen LogP contribution in [0.25, 0.3) is 11.1 Å². The van der Waals surface area contributed by atoms with Crippen molar-refractivity contribution >= 4 is 23.1 Å². The highest BCUT2D eigenvalue weighted by atomic mass is 16.6. The van der Waals surface area contributed by atoms with E-state index in [0.29, 0.717) is 11.1 Å². The number of allylic oxidation sites excluding steroid dienone is 2. The maximum atomic E-state index is 13.2. The van der Waals surface area contributed by atoms with Crippen molar-refractivity contribution in [1.82, 2.24) is 4.90 Å². The van der Waals surface area contributed by atoms with E-state index in [1.807, 2.05) is 91.0 Å². The van der Waals surface area contributed by atoms with Crippen LogP contribution < -0.4 is 0 Å². The standard InChI is InChI=1S/C25H19NO3/c1-18(20-13-7-3-8-14-20)22(21-15-9-4-10-16-21)23-24(27)26(25(28)29-23)17-19-11-5-2-6-12-19/h2-16H,1,17H2. The molecular formula is C25H19NO3. The lowest BCUT2D eigenvalue weighted by Gasteiger charge is -2.13. The minimum atomic E-state index is -0.678. The van der Waals surface area contributed by atoms with Crippen molar-refractivity contribution in [3.05, 3.63) is 120 Å². The number of rotatable bonds is 5. The van der Waals surface area contributed by atoms with Crippen molar-refractivity contribution in [2.45, 2.75) is 6.54 Å². The molecule has 4 nitrogen and oxygen atoms in total. The summed E-state index contributed by atoms with van der Waals surface area (Å²) in [5, 5.41) is 0. The molecule has 4 rings (SSSR count). The van der Waals surface area contributed by atoms with Gasteiger partial charge in [0.25, 0.3) is 5.91 Å². The van der Waals surface area contributed by atoms with Crippen LogP contribution in [0.4, 0.5) is 4.79 Å². The molecule has 4 heteroatoms. The van der Waals surface area contributed by atoms with Crippen molar-refractivity contribution in [3.63, 3.8) is 0 Å². The van der Waals surface area contributed by atoms with Crippen molar-refractivity contribution in [3.8, 4) is 0 Å². The summed E-state index contributed by atoms with van der Waals surface area (Å²) in [6, 6.07) is 28.3. The molecule has 0 aromatic heterocycles. The van der Waals surface area contributed by atoms with Gasteiger partial charge in [-0.05, 0) is 22.3 Å². The van der Waals surface area contributed by atoms with Crippen LogP contribution in [0, 0.1) is 0 Å². The monoisotopic (exact) mass is 381 g/mol. The third-order valence-electron chi connectivity index (χ3n) is 4.75. The second-order valence-electron chi connectivity index (χ2n) is 6.66. The number of benzene rings is 3. The highest BCUT2D eigenvalue weighted by molar-refractivity contribution is 6.19. The Labute approximate surface area is 169 Å². The van der Waals surface area contributed by atoms with Crippen molar-refractivity contribution < 1.29 is 14.3 Å². The molecule has 3 aromatic carbocycles. The smallest absolute Gasteiger partial charge is 0.403 e. The predicted octanol–water partition coefficient (Wildman–Crippen LogP) is 5.29. The highest BCUT2D eigenvalue weighted by Crippen LogP contribution is 2.36. The number of carbonyl (C=O) groups excluding carboxylic acids is 2. The number of ether oxygens (including phenoxy) is 1. The number of carbonyl (C=O) groups is 2. The average molecular weight is 381 g/mol. The minimum absolute atomic E-state index is 0.00554. The van der Waals surface area contributed by atoms with Crippen LogP contribution in [0.15, 0.2) is 103 Å². The van der Waals surface area contributed by atoms with E-state index in [-0.39, 0.29) is 12.3 Å². The van der Waals surface area contributed by atoms with E-state index in [9.17, 15) is 9.59 Å². The summed E-state index contributed by atoms with van der Waals surface area (Å²) in [4.78, 5) is 26.8. The summed E-state index contributed by atoms with van der Waals surface area (Å²) >= 11 is 0. The van der Waals surface area contributed by atoms with E-state index in [2.05, 4.69) is 6.58 Å². The van der Waals surface area contributed by atoms with Crippen molar-refractivity contribution in [1.29, 1.82) is 0 Å². The second kappa shape index (κ2) is 7.98. The van der Waals surface area contributed by atoms with Gasteiger partial charge in [-0.15, -0.1) is 0 Å². The fourth-order valence-corrected chi connectivity index (χ4v) is 3.28. The highest BCUT2D eigenvalue weighted by Gasteiger charge is 2.39. The summed E-state index contributed by atoms with van der Waals surface area (Å²) in [7, 11) is 0. The van der Waals surface area contributed by atoms with Gasteiger partial charge >= 0.3 is 6.09 Å². The summed E-state index contributed by atoms with van der Waals surface area (Å²) in [6.07, 6.45) is -0.678. The quantitative estimate of drug-likeness (QED) is 0.564. The molecule has 142 valence electrons. The minimum Gasteiger partial charge on any atom is -0.403 e. The maximum Gasteiger partial charge on any atom is 0.422 e. The Hall–Kier alpha value is -3.92. The van der Waals surface area contributed by atoms with E-state index in [0.717, 1.165) is 21.6 Å². The van der Waals surface area contributed by atoms with E-state index in [1.165, 1.54) is 0 Å². The number of cyclic esters (lactones) is 1. The van der Waals surface area contributed by atoms with Gasteiger partial charge in [0.2, 0.25) is 5.76 Å². The molecule has 1 saturated heterocycles. The number of nitrogens with zero attached hydrogens (tertiary/aromatic N) is 1. The number of amides is 2. The molecule has 1 heterocycles. The molecule has 29 heavy (non-hydrogen) atoms. The fourth-order valence-electron chi connectivity index (χ4n) is 3.28. The molecule has 0 unspecified atom stereocenters. The van der Waals surface area contributed by atoms with Gasteiger partial charge in [-0.1, -0.05) is 97.6 Å². The first-order valence-electron chi connectivity index (χ1n) is 9.27. The van der Waals surface area contributed by atoms with Crippen LogP contribution in [-0.2, 0) is 16.1 Å². The molecular weight excluding hydrogens is 362 g/mol. The number of imide groups is 1. The van der Waals surface area contributed by atoms with Crippen LogP contribution in [0.1, 0.15) is 16.7 Å². The molecule has 1 aliphatic rings. The molecule has 1 aliphatic heterocycles. The van der Waals surface area contributed by atoms with Crippen LogP contribution >= 0.6 is 0 Å². The second-order valence-corrected chi connectivity index (χ2v) is 6.66. The summed E-state index contributed by atoms with van der Waals surface area (Å²) in [6.45, 7) is 4.35. The molecule has 2 amide bonds. The van der Waals surface area contributed by atoms with Crippen molar-refractivity contribution in [2.75, 3.05) is 0 Å². The lowest BCUT2D eigenvalue weighted by atomic mass is 9.92.